The summed E-state index contributed by atoms with van der Waals surface area (Å²) in [5.41, 5.74) is 0.776. The third kappa shape index (κ3) is 5.42. The highest BCUT2D eigenvalue weighted by atomic mass is 16.4. The summed E-state index contributed by atoms with van der Waals surface area (Å²) in [6.07, 6.45) is 4.20. The number of amides is 2. The van der Waals surface area contributed by atoms with Gasteiger partial charge in [0.2, 0.25) is 0 Å². The zero-order valence-electron chi connectivity index (χ0n) is 13.6. The number of urea groups is 1. The Morgan fingerprint density at radius 2 is 2.04 bits per heavy atom. The number of benzene rings is 1. The van der Waals surface area contributed by atoms with Gasteiger partial charge >= 0.3 is 12.0 Å². The van der Waals surface area contributed by atoms with Gasteiger partial charge in [0, 0.05) is 32.5 Å². The molecule has 2 N–H and O–H groups in total. The van der Waals surface area contributed by atoms with Crippen LogP contribution in [0.5, 0.6) is 0 Å². The maximum atomic E-state index is 12.3. The fraction of sp³-hybridized carbons (Fsp3) is 0.353. The molecule has 2 amide bonds. The van der Waals surface area contributed by atoms with Crippen LogP contribution < -0.4 is 5.32 Å². The van der Waals surface area contributed by atoms with Crippen molar-refractivity contribution in [2.75, 3.05) is 13.6 Å². The molecule has 0 aliphatic rings. The van der Waals surface area contributed by atoms with Gasteiger partial charge in [-0.25, -0.2) is 4.79 Å². The molecule has 1 aromatic heterocycles. The number of carbonyl (C=O) groups is 2. The van der Waals surface area contributed by atoms with Crippen LogP contribution in [0.15, 0.2) is 48.8 Å². The average Bonchev–Trinajstić information content (AvgIpc) is 3.08. The zero-order valence-corrected chi connectivity index (χ0v) is 13.6. The van der Waals surface area contributed by atoms with E-state index in [-0.39, 0.29) is 12.5 Å². The second-order valence-electron chi connectivity index (χ2n) is 5.55. The summed E-state index contributed by atoms with van der Waals surface area (Å²) in [5.74, 6) is -0.953. The molecular weight excluding hydrogens is 308 g/mol. The highest BCUT2D eigenvalue weighted by Crippen LogP contribution is 2.16. The number of aryl methyl sites for hydroxylation is 1. The molecular formula is C17H22N4O3. The van der Waals surface area contributed by atoms with Gasteiger partial charge in [-0.3, -0.25) is 9.48 Å². The first kappa shape index (κ1) is 17.5. The number of aliphatic carboxylic acids is 1. The first-order valence-corrected chi connectivity index (χ1v) is 7.82. The topological polar surface area (TPSA) is 87.5 Å². The summed E-state index contributed by atoms with van der Waals surface area (Å²) < 4.78 is 1.81. The highest BCUT2D eigenvalue weighted by Gasteiger charge is 2.19. The minimum atomic E-state index is -0.953. The average molecular weight is 330 g/mol. The Morgan fingerprint density at radius 1 is 1.29 bits per heavy atom. The van der Waals surface area contributed by atoms with Crippen molar-refractivity contribution in [1.82, 2.24) is 20.0 Å². The molecule has 128 valence electrons. The van der Waals surface area contributed by atoms with Crippen molar-refractivity contribution in [3.8, 4) is 0 Å². The Labute approximate surface area is 140 Å². The van der Waals surface area contributed by atoms with E-state index in [1.165, 1.54) is 0 Å². The molecule has 0 aliphatic carbocycles. The molecule has 2 rings (SSSR count). The lowest BCUT2D eigenvalue weighted by atomic mass is 10.0. The number of hydrogen-bond acceptors (Lipinski definition) is 3. The second kappa shape index (κ2) is 8.71. The summed E-state index contributed by atoms with van der Waals surface area (Å²) in [6.45, 7) is 1.28. The number of rotatable bonds is 8. The smallest absolute Gasteiger partial charge is 0.317 e. The molecule has 0 saturated heterocycles. The molecule has 0 unspecified atom stereocenters. The summed E-state index contributed by atoms with van der Waals surface area (Å²) >= 11 is 0. The van der Waals surface area contributed by atoms with E-state index in [0.717, 1.165) is 18.5 Å². The van der Waals surface area contributed by atoms with Gasteiger partial charge in [-0.2, -0.15) is 5.10 Å². The van der Waals surface area contributed by atoms with Crippen LogP contribution in [0, 0.1) is 0 Å². The number of carboxylic acids is 1. The molecule has 0 aliphatic heterocycles. The molecule has 1 heterocycles. The van der Waals surface area contributed by atoms with Crippen LogP contribution in [0.2, 0.25) is 0 Å². The second-order valence-corrected chi connectivity index (χ2v) is 5.55. The van der Waals surface area contributed by atoms with Crippen LogP contribution in [0.4, 0.5) is 4.79 Å². The monoisotopic (exact) mass is 330 g/mol. The van der Waals surface area contributed by atoms with E-state index in [0.29, 0.717) is 6.54 Å². The van der Waals surface area contributed by atoms with Gasteiger partial charge in [-0.1, -0.05) is 30.3 Å². The summed E-state index contributed by atoms with van der Waals surface area (Å²) in [5, 5.41) is 16.0. The van der Waals surface area contributed by atoms with E-state index >= 15 is 0 Å². The summed E-state index contributed by atoms with van der Waals surface area (Å²) in [4.78, 5) is 24.9. The molecule has 7 nitrogen and oxygen atoms in total. The Balaban J connectivity index is 1.87. The molecule has 0 bridgehead atoms. The lowest BCUT2D eigenvalue weighted by Gasteiger charge is -2.23. The minimum Gasteiger partial charge on any atom is -0.481 e. The van der Waals surface area contributed by atoms with E-state index in [1.807, 2.05) is 47.3 Å². The van der Waals surface area contributed by atoms with E-state index in [1.54, 1.807) is 18.1 Å². The van der Waals surface area contributed by atoms with Crippen LogP contribution >= 0.6 is 0 Å². The van der Waals surface area contributed by atoms with E-state index in [2.05, 4.69) is 10.4 Å². The fourth-order valence-corrected chi connectivity index (χ4v) is 2.38. The van der Waals surface area contributed by atoms with Crippen LogP contribution in [0.1, 0.15) is 24.4 Å². The number of nitrogens with one attached hydrogen (secondary N) is 1. The molecule has 1 atom stereocenters. The number of hydrogen-bond donors (Lipinski definition) is 2. The molecule has 1 aromatic carbocycles. The van der Waals surface area contributed by atoms with Gasteiger partial charge in [-0.15, -0.1) is 0 Å². The zero-order chi connectivity index (χ0) is 17.4. The normalized spacial score (nSPS) is 11.7. The van der Waals surface area contributed by atoms with E-state index < -0.39 is 12.0 Å². The quantitative estimate of drug-likeness (QED) is 0.776. The SMILES string of the molecule is CN(CCCn1cccn1)C(=O)N[C@@H](CC(=O)O)c1ccccc1. The van der Waals surface area contributed by atoms with Crippen molar-refractivity contribution in [3.63, 3.8) is 0 Å². The number of carboxylic acid groups (broad SMARTS) is 1. The minimum absolute atomic E-state index is 0.156. The van der Waals surface area contributed by atoms with E-state index in [4.69, 9.17) is 5.11 Å². The Hall–Kier alpha value is -2.83. The maximum Gasteiger partial charge on any atom is 0.317 e. The Bertz CT molecular complexity index is 643. The molecule has 0 saturated carbocycles. The van der Waals surface area contributed by atoms with Crippen LogP contribution in [-0.2, 0) is 11.3 Å². The van der Waals surface area contributed by atoms with Gasteiger partial charge in [0.25, 0.3) is 0 Å². The lowest BCUT2D eigenvalue weighted by Crippen LogP contribution is -2.40. The van der Waals surface area contributed by atoms with Crippen molar-refractivity contribution >= 4 is 12.0 Å². The standard InChI is InChI=1S/C17H22N4O3/c1-20(10-6-12-21-11-5-9-18-21)17(24)19-15(13-16(22)23)14-7-3-2-4-8-14/h2-5,7-9,11,15H,6,10,12-13H2,1H3,(H,19,24)(H,22,23)/t15-/m0/s1. The number of carbonyl (C=O) groups excluding carboxylic acids is 1. The molecule has 7 heteroatoms. The Morgan fingerprint density at radius 3 is 2.67 bits per heavy atom. The molecule has 0 radical (unpaired) electrons. The molecule has 0 spiro atoms. The van der Waals surface area contributed by atoms with Gasteiger partial charge in [-0.05, 0) is 18.1 Å². The third-order valence-electron chi connectivity index (χ3n) is 3.67. The Kier molecular flexibility index (Phi) is 6.36. The predicted octanol–water partition coefficient (Wildman–Crippen LogP) is 2.13. The lowest BCUT2D eigenvalue weighted by molar-refractivity contribution is -0.137. The van der Waals surface area contributed by atoms with Gasteiger partial charge in [0.1, 0.15) is 0 Å². The summed E-state index contributed by atoms with van der Waals surface area (Å²) in [6, 6.07) is 10.1. The fourth-order valence-electron chi connectivity index (χ4n) is 2.38. The molecule has 2 aromatic rings. The highest BCUT2D eigenvalue weighted by molar-refractivity contribution is 5.76. The summed E-state index contributed by atoms with van der Waals surface area (Å²) in [7, 11) is 1.70. The van der Waals surface area contributed by atoms with E-state index in [9.17, 15) is 9.59 Å². The van der Waals surface area contributed by atoms with Crippen molar-refractivity contribution in [2.24, 2.45) is 0 Å². The maximum absolute atomic E-state index is 12.3. The van der Waals surface area contributed by atoms with Gasteiger partial charge < -0.3 is 15.3 Å². The molecule has 24 heavy (non-hydrogen) atoms. The van der Waals surface area contributed by atoms with Crippen molar-refractivity contribution in [1.29, 1.82) is 0 Å². The largest absolute Gasteiger partial charge is 0.481 e. The first-order valence-electron chi connectivity index (χ1n) is 7.82. The number of aromatic nitrogens is 2. The van der Waals surface area contributed by atoms with Crippen LogP contribution in [0.25, 0.3) is 0 Å². The predicted molar refractivity (Wildman–Crippen MR) is 89.4 cm³/mol. The van der Waals surface area contributed by atoms with Crippen LogP contribution in [-0.4, -0.2) is 45.4 Å². The molecule has 0 fully saturated rings. The van der Waals surface area contributed by atoms with Gasteiger partial charge in [0.15, 0.2) is 0 Å². The van der Waals surface area contributed by atoms with Crippen LogP contribution in [0.3, 0.4) is 0 Å². The van der Waals surface area contributed by atoms with Crippen molar-refractivity contribution < 1.29 is 14.7 Å². The first-order chi connectivity index (χ1) is 11.6. The van der Waals surface area contributed by atoms with Crippen molar-refractivity contribution in [3.05, 3.63) is 54.4 Å². The number of nitrogens with zero attached hydrogens (tertiary/aromatic N) is 3. The van der Waals surface area contributed by atoms with Crippen molar-refractivity contribution in [2.45, 2.75) is 25.4 Å². The third-order valence-corrected chi connectivity index (χ3v) is 3.67. The van der Waals surface area contributed by atoms with Gasteiger partial charge in [0.05, 0.1) is 12.5 Å².